The van der Waals surface area contributed by atoms with E-state index in [0.717, 1.165) is 11.3 Å². The zero-order valence-electron chi connectivity index (χ0n) is 12.7. The fraction of sp³-hybridized carbons (Fsp3) is 0.176. The molecule has 1 aromatic heterocycles. The minimum Gasteiger partial charge on any atom is -0.490 e. The van der Waals surface area contributed by atoms with E-state index in [1.165, 1.54) is 0 Å². The number of alkyl halides is 3. The molecule has 0 spiro atoms. The van der Waals surface area contributed by atoms with Crippen LogP contribution in [0.1, 0.15) is 18.2 Å². The standard InChI is InChI=1S/C17H14Cl3NO3/c1-2-23-15-11-12(6-8-13-5-3-4-10-21-13)7-9-14(15)24-16(22)17(18,19)20/h3-11H,2H2,1H3/b8-6+. The largest absolute Gasteiger partial charge is 0.490 e. The Morgan fingerprint density at radius 1 is 1.17 bits per heavy atom. The van der Waals surface area contributed by atoms with Gasteiger partial charge in [-0.1, -0.05) is 53.0 Å². The Morgan fingerprint density at radius 3 is 2.58 bits per heavy atom. The van der Waals surface area contributed by atoms with Crippen LogP contribution >= 0.6 is 34.8 Å². The summed E-state index contributed by atoms with van der Waals surface area (Å²) in [6.45, 7) is 2.21. The third-order valence-corrected chi connectivity index (χ3v) is 3.30. The van der Waals surface area contributed by atoms with Crippen LogP contribution in [0, 0.1) is 0 Å². The zero-order chi connectivity index (χ0) is 17.6. The lowest BCUT2D eigenvalue weighted by atomic mass is 10.1. The number of benzene rings is 1. The second-order valence-corrected chi connectivity index (χ2v) is 6.90. The molecule has 0 saturated heterocycles. The Balaban J connectivity index is 2.23. The van der Waals surface area contributed by atoms with Gasteiger partial charge in [0.05, 0.1) is 12.3 Å². The maximum atomic E-state index is 11.7. The molecule has 0 N–H and O–H groups in total. The van der Waals surface area contributed by atoms with Crippen molar-refractivity contribution in [2.45, 2.75) is 10.7 Å². The molecule has 0 aliphatic carbocycles. The van der Waals surface area contributed by atoms with Gasteiger partial charge in [-0.2, -0.15) is 0 Å². The molecule has 1 heterocycles. The molecule has 0 aliphatic heterocycles. The Bertz CT molecular complexity index is 728. The van der Waals surface area contributed by atoms with E-state index in [9.17, 15) is 4.79 Å². The van der Waals surface area contributed by atoms with Gasteiger partial charge in [0.1, 0.15) is 0 Å². The number of halogens is 3. The molecule has 2 aromatic rings. The summed E-state index contributed by atoms with van der Waals surface area (Å²) < 4.78 is 8.42. The number of nitrogens with zero attached hydrogens (tertiary/aromatic N) is 1. The summed E-state index contributed by atoms with van der Waals surface area (Å²) in [5.74, 6) is -0.434. The van der Waals surface area contributed by atoms with Crippen molar-refractivity contribution in [3.63, 3.8) is 0 Å². The van der Waals surface area contributed by atoms with E-state index in [1.54, 1.807) is 24.4 Å². The number of ether oxygens (including phenoxy) is 2. The Hall–Kier alpha value is -1.75. The summed E-state index contributed by atoms with van der Waals surface area (Å²) in [6.07, 6.45) is 5.44. The summed E-state index contributed by atoms with van der Waals surface area (Å²) in [6, 6.07) is 10.7. The predicted molar refractivity (Wildman–Crippen MR) is 96.7 cm³/mol. The van der Waals surface area contributed by atoms with Gasteiger partial charge >= 0.3 is 5.97 Å². The molecule has 0 aliphatic rings. The Labute approximate surface area is 155 Å². The highest BCUT2D eigenvalue weighted by molar-refractivity contribution is 6.75. The van der Waals surface area contributed by atoms with Gasteiger partial charge in [0.2, 0.25) is 0 Å². The van der Waals surface area contributed by atoms with Crippen LogP contribution in [-0.2, 0) is 4.79 Å². The number of hydrogen-bond acceptors (Lipinski definition) is 4. The normalized spacial score (nSPS) is 11.5. The van der Waals surface area contributed by atoms with E-state index in [2.05, 4.69) is 4.98 Å². The summed E-state index contributed by atoms with van der Waals surface area (Å²) in [7, 11) is 0. The van der Waals surface area contributed by atoms with Crippen molar-refractivity contribution in [3.8, 4) is 11.5 Å². The SMILES string of the molecule is CCOc1cc(/C=C/c2ccccn2)ccc1OC(=O)C(Cl)(Cl)Cl. The van der Waals surface area contributed by atoms with Crippen LogP contribution < -0.4 is 9.47 Å². The van der Waals surface area contributed by atoms with Crippen LogP contribution in [0.3, 0.4) is 0 Å². The molecule has 0 radical (unpaired) electrons. The van der Waals surface area contributed by atoms with E-state index in [-0.39, 0.29) is 5.75 Å². The lowest BCUT2D eigenvalue weighted by Crippen LogP contribution is -2.25. The maximum absolute atomic E-state index is 11.7. The van der Waals surface area contributed by atoms with Gasteiger partial charge in [0.25, 0.3) is 3.79 Å². The number of aromatic nitrogens is 1. The summed E-state index contributed by atoms with van der Waals surface area (Å²) in [5.41, 5.74) is 1.67. The molecule has 24 heavy (non-hydrogen) atoms. The number of carbonyl (C=O) groups is 1. The van der Waals surface area contributed by atoms with Crippen molar-refractivity contribution < 1.29 is 14.3 Å². The third-order valence-electron chi connectivity index (χ3n) is 2.84. The van der Waals surface area contributed by atoms with Gasteiger partial charge in [-0.25, -0.2) is 4.79 Å². The molecule has 7 heteroatoms. The van der Waals surface area contributed by atoms with Crippen LogP contribution in [0.25, 0.3) is 12.2 Å². The maximum Gasteiger partial charge on any atom is 0.364 e. The van der Waals surface area contributed by atoms with Crippen molar-refractivity contribution in [2.24, 2.45) is 0 Å². The first-order chi connectivity index (χ1) is 11.4. The number of carbonyl (C=O) groups excluding carboxylic acids is 1. The fourth-order valence-electron chi connectivity index (χ4n) is 1.79. The van der Waals surface area contributed by atoms with E-state index in [0.29, 0.717) is 12.4 Å². The van der Waals surface area contributed by atoms with Crippen LogP contribution in [0.2, 0.25) is 0 Å². The Morgan fingerprint density at radius 2 is 1.96 bits per heavy atom. The van der Waals surface area contributed by atoms with Gasteiger partial charge < -0.3 is 9.47 Å². The van der Waals surface area contributed by atoms with Gasteiger partial charge in [0, 0.05) is 6.20 Å². The fourth-order valence-corrected chi connectivity index (χ4v) is 1.91. The molecule has 126 valence electrons. The van der Waals surface area contributed by atoms with E-state index < -0.39 is 9.76 Å². The number of hydrogen-bond donors (Lipinski definition) is 0. The average Bonchev–Trinajstić information content (AvgIpc) is 2.55. The second kappa shape index (κ2) is 8.38. The minimum absolute atomic E-state index is 0.183. The van der Waals surface area contributed by atoms with Crippen molar-refractivity contribution in [1.29, 1.82) is 0 Å². The topological polar surface area (TPSA) is 48.4 Å². The van der Waals surface area contributed by atoms with Crippen molar-refractivity contribution >= 4 is 52.9 Å². The highest BCUT2D eigenvalue weighted by Gasteiger charge is 2.33. The summed E-state index contributed by atoms with van der Waals surface area (Å²) >= 11 is 16.5. The van der Waals surface area contributed by atoms with Crippen molar-refractivity contribution in [2.75, 3.05) is 6.61 Å². The average molecular weight is 387 g/mol. The highest BCUT2D eigenvalue weighted by Crippen LogP contribution is 2.33. The lowest BCUT2D eigenvalue weighted by Gasteiger charge is -2.14. The lowest BCUT2D eigenvalue weighted by molar-refractivity contribution is -0.133. The smallest absolute Gasteiger partial charge is 0.364 e. The minimum atomic E-state index is -2.15. The van der Waals surface area contributed by atoms with Gasteiger partial charge in [0.15, 0.2) is 11.5 Å². The first-order valence-corrected chi connectivity index (χ1v) is 8.18. The Kier molecular flexibility index (Phi) is 6.49. The summed E-state index contributed by atoms with van der Waals surface area (Å²) in [4.78, 5) is 15.9. The van der Waals surface area contributed by atoms with Crippen molar-refractivity contribution in [3.05, 3.63) is 53.9 Å². The highest BCUT2D eigenvalue weighted by atomic mass is 35.6. The van der Waals surface area contributed by atoms with Gasteiger partial charge in [-0.05, 0) is 42.8 Å². The zero-order valence-corrected chi connectivity index (χ0v) is 15.0. The molecule has 1 aromatic carbocycles. The molecular formula is C17H14Cl3NO3. The summed E-state index contributed by atoms with van der Waals surface area (Å²) in [5, 5.41) is 0. The molecule has 4 nitrogen and oxygen atoms in total. The monoisotopic (exact) mass is 385 g/mol. The molecule has 0 unspecified atom stereocenters. The predicted octanol–water partition coefficient (Wildman–Crippen LogP) is 4.93. The number of rotatable bonds is 5. The quantitative estimate of drug-likeness (QED) is 0.415. The molecule has 0 saturated carbocycles. The van der Waals surface area contributed by atoms with Crippen LogP contribution in [0.5, 0.6) is 11.5 Å². The molecular weight excluding hydrogens is 373 g/mol. The van der Waals surface area contributed by atoms with Crippen LogP contribution in [0.4, 0.5) is 0 Å². The van der Waals surface area contributed by atoms with E-state index in [1.807, 2.05) is 37.3 Å². The molecule has 0 fully saturated rings. The first kappa shape index (κ1) is 18.6. The van der Waals surface area contributed by atoms with Gasteiger partial charge in [-0.15, -0.1) is 0 Å². The number of pyridine rings is 1. The molecule has 0 amide bonds. The molecule has 0 bridgehead atoms. The third kappa shape index (κ3) is 5.41. The van der Waals surface area contributed by atoms with E-state index in [4.69, 9.17) is 44.3 Å². The van der Waals surface area contributed by atoms with Gasteiger partial charge in [-0.3, -0.25) is 4.98 Å². The van der Waals surface area contributed by atoms with Crippen LogP contribution in [0.15, 0.2) is 42.6 Å². The molecule has 2 rings (SSSR count). The first-order valence-electron chi connectivity index (χ1n) is 7.05. The van der Waals surface area contributed by atoms with E-state index >= 15 is 0 Å². The second-order valence-electron chi connectivity index (χ2n) is 4.61. The van der Waals surface area contributed by atoms with Crippen LogP contribution in [-0.4, -0.2) is 21.4 Å². The van der Waals surface area contributed by atoms with Crippen molar-refractivity contribution in [1.82, 2.24) is 4.98 Å². The molecule has 0 atom stereocenters. The number of esters is 1.